The highest BCUT2D eigenvalue weighted by Crippen LogP contribution is 2.15. The zero-order chi connectivity index (χ0) is 15.5. The quantitative estimate of drug-likeness (QED) is 0.692. The van der Waals surface area contributed by atoms with Crippen LogP contribution < -0.4 is 5.32 Å². The molecule has 1 heterocycles. The van der Waals surface area contributed by atoms with Crippen LogP contribution in [0, 0.1) is 11.3 Å². The first-order chi connectivity index (χ1) is 9.90. The van der Waals surface area contributed by atoms with Crippen molar-refractivity contribution in [2.75, 3.05) is 6.17 Å². The van der Waals surface area contributed by atoms with Crippen LogP contribution in [0.2, 0.25) is 19.6 Å². The van der Waals surface area contributed by atoms with E-state index in [1.807, 2.05) is 12.1 Å². The molecule has 5 nitrogen and oxygen atoms in total. The predicted molar refractivity (Wildman–Crippen MR) is 89.1 cm³/mol. The van der Waals surface area contributed by atoms with Crippen LogP contribution in [0.25, 0.3) is 5.69 Å². The van der Waals surface area contributed by atoms with E-state index in [-0.39, 0.29) is 0 Å². The van der Waals surface area contributed by atoms with E-state index in [0.717, 1.165) is 11.7 Å². The summed E-state index contributed by atoms with van der Waals surface area (Å²) in [7, 11) is -1.22. The molecule has 1 aromatic carbocycles. The van der Waals surface area contributed by atoms with Gasteiger partial charge in [0.2, 0.25) is 0 Å². The third kappa shape index (κ3) is 3.97. The molecular formula is C14H17N5SSi. The van der Waals surface area contributed by atoms with E-state index in [2.05, 4.69) is 41.1 Å². The topological polar surface area (TPSA) is 66.5 Å². The minimum atomic E-state index is -1.22. The van der Waals surface area contributed by atoms with Gasteiger partial charge in [0.25, 0.3) is 0 Å². The summed E-state index contributed by atoms with van der Waals surface area (Å²) in [5, 5.41) is 16.7. The number of nitrogens with zero attached hydrogens (tertiary/aromatic N) is 4. The Morgan fingerprint density at radius 3 is 2.76 bits per heavy atom. The van der Waals surface area contributed by atoms with Crippen molar-refractivity contribution in [1.29, 1.82) is 5.26 Å². The van der Waals surface area contributed by atoms with Crippen LogP contribution in [0.3, 0.4) is 0 Å². The first kappa shape index (κ1) is 15.3. The van der Waals surface area contributed by atoms with Crippen molar-refractivity contribution in [3.8, 4) is 11.8 Å². The van der Waals surface area contributed by atoms with Gasteiger partial charge < -0.3 is 5.32 Å². The Labute approximate surface area is 130 Å². The van der Waals surface area contributed by atoms with Gasteiger partial charge >= 0.3 is 0 Å². The number of nitrogens with one attached hydrogen (secondary N) is 1. The SMILES string of the molecule is C[Si](C)(C)CNC(=S)c1ccc(-n2cncn2)c(C#N)c1. The van der Waals surface area contributed by atoms with Crippen molar-refractivity contribution in [3.63, 3.8) is 0 Å². The number of hydrogen-bond donors (Lipinski definition) is 1. The Hall–Kier alpha value is -2.04. The van der Waals surface area contributed by atoms with Crippen LogP contribution in [0.4, 0.5) is 0 Å². The van der Waals surface area contributed by atoms with Crippen LogP contribution in [0.1, 0.15) is 11.1 Å². The van der Waals surface area contributed by atoms with Gasteiger partial charge in [-0.05, 0) is 18.2 Å². The normalized spacial score (nSPS) is 11.0. The summed E-state index contributed by atoms with van der Waals surface area (Å²) in [6.07, 6.45) is 3.92. The number of nitriles is 1. The second-order valence-electron chi connectivity index (χ2n) is 5.93. The highest BCUT2D eigenvalue weighted by Gasteiger charge is 2.14. The van der Waals surface area contributed by atoms with Crippen LogP contribution >= 0.6 is 12.2 Å². The summed E-state index contributed by atoms with van der Waals surface area (Å²) < 4.78 is 1.57. The standard InChI is InChI=1S/C14H17N5SSi/c1-21(2,3)10-17-14(20)11-4-5-13(12(6-11)7-15)19-9-16-8-18-19/h4-6,8-9H,10H2,1-3H3,(H,17,20). The van der Waals surface area contributed by atoms with Crippen LogP contribution in [-0.4, -0.2) is 34.0 Å². The average molecular weight is 315 g/mol. The summed E-state index contributed by atoms with van der Waals surface area (Å²) in [5.74, 6) is 0. The molecule has 21 heavy (non-hydrogen) atoms. The monoisotopic (exact) mass is 315 g/mol. The maximum Gasteiger partial charge on any atom is 0.138 e. The number of benzene rings is 1. The molecule has 2 aromatic rings. The lowest BCUT2D eigenvalue weighted by Gasteiger charge is -2.18. The van der Waals surface area contributed by atoms with Crippen molar-refractivity contribution in [3.05, 3.63) is 42.0 Å². The lowest BCUT2D eigenvalue weighted by atomic mass is 10.1. The molecule has 0 bridgehead atoms. The zero-order valence-electron chi connectivity index (χ0n) is 12.3. The van der Waals surface area contributed by atoms with E-state index in [4.69, 9.17) is 12.2 Å². The van der Waals surface area contributed by atoms with E-state index < -0.39 is 8.07 Å². The smallest absolute Gasteiger partial charge is 0.138 e. The molecule has 0 radical (unpaired) electrons. The summed E-state index contributed by atoms with van der Waals surface area (Å²) in [6.45, 7) is 6.82. The van der Waals surface area contributed by atoms with Gasteiger partial charge in [-0.15, -0.1) is 0 Å². The van der Waals surface area contributed by atoms with Crippen molar-refractivity contribution in [2.24, 2.45) is 0 Å². The second-order valence-corrected chi connectivity index (χ2v) is 11.8. The lowest BCUT2D eigenvalue weighted by molar-refractivity contribution is 0.875. The van der Waals surface area contributed by atoms with Crippen molar-refractivity contribution < 1.29 is 0 Å². The molecule has 7 heteroatoms. The number of rotatable bonds is 4. The fourth-order valence-electron chi connectivity index (χ4n) is 1.75. The van der Waals surface area contributed by atoms with E-state index >= 15 is 0 Å². The largest absolute Gasteiger partial charge is 0.379 e. The van der Waals surface area contributed by atoms with Gasteiger partial charge in [-0.1, -0.05) is 31.9 Å². The molecule has 0 aliphatic carbocycles. The highest BCUT2D eigenvalue weighted by atomic mass is 32.1. The van der Waals surface area contributed by atoms with Gasteiger partial charge in [0.15, 0.2) is 0 Å². The Bertz CT molecular complexity index is 682. The first-order valence-corrected chi connectivity index (χ1v) is 10.7. The minimum Gasteiger partial charge on any atom is -0.379 e. The first-order valence-electron chi connectivity index (χ1n) is 6.58. The Morgan fingerprint density at radius 1 is 1.43 bits per heavy atom. The fraction of sp³-hybridized carbons (Fsp3) is 0.286. The molecule has 0 spiro atoms. The minimum absolute atomic E-state index is 0.523. The molecule has 1 aromatic heterocycles. The van der Waals surface area contributed by atoms with E-state index in [0.29, 0.717) is 16.2 Å². The molecule has 0 unspecified atom stereocenters. The predicted octanol–water partition coefficient (Wildman–Crippen LogP) is 2.28. The van der Waals surface area contributed by atoms with Gasteiger partial charge in [-0.25, -0.2) is 9.67 Å². The molecule has 0 atom stereocenters. The lowest BCUT2D eigenvalue weighted by Crippen LogP contribution is -2.39. The van der Waals surface area contributed by atoms with E-state index in [1.165, 1.54) is 6.33 Å². The molecule has 0 saturated carbocycles. The molecule has 0 amide bonds. The Morgan fingerprint density at radius 2 is 2.19 bits per heavy atom. The molecule has 0 aliphatic heterocycles. The molecule has 0 aliphatic rings. The summed E-state index contributed by atoms with van der Waals surface area (Å²) in [6, 6.07) is 7.71. The number of thiocarbonyl (C=S) groups is 1. The number of hydrogen-bond acceptors (Lipinski definition) is 4. The maximum absolute atomic E-state index is 9.31. The van der Waals surface area contributed by atoms with Crippen LogP contribution in [-0.2, 0) is 0 Å². The molecule has 2 rings (SSSR count). The van der Waals surface area contributed by atoms with Gasteiger partial charge in [0.1, 0.15) is 23.7 Å². The third-order valence-corrected chi connectivity index (χ3v) is 4.44. The molecule has 1 N–H and O–H groups in total. The number of aromatic nitrogens is 3. The second kappa shape index (κ2) is 6.16. The van der Waals surface area contributed by atoms with Crippen LogP contribution in [0.5, 0.6) is 0 Å². The van der Waals surface area contributed by atoms with E-state index in [9.17, 15) is 5.26 Å². The average Bonchev–Trinajstić information content (AvgIpc) is 2.97. The van der Waals surface area contributed by atoms with E-state index in [1.54, 1.807) is 17.1 Å². The van der Waals surface area contributed by atoms with Gasteiger partial charge in [-0.2, -0.15) is 10.4 Å². The summed E-state index contributed by atoms with van der Waals surface area (Å²) in [5.41, 5.74) is 2.07. The van der Waals surface area contributed by atoms with Crippen molar-refractivity contribution in [2.45, 2.75) is 19.6 Å². The van der Waals surface area contributed by atoms with Gasteiger partial charge in [0.05, 0.1) is 19.3 Å². The Balaban J connectivity index is 2.24. The summed E-state index contributed by atoms with van der Waals surface area (Å²) >= 11 is 5.41. The van der Waals surface area contributed by atoms with Gasteiger partial charge in [0, 0.05) is 11.7 Å². The zero-order valence-corrected chi connectivity index (χ0v) is 14.1. The molecular weight excluding hydrogens is 298 g/mol. The van der Waals surface area contributed by atoms with Crippen LogP contribution in [0.15, 0.2) is 30.9 Å². The third-order valence-electron chi connectivity index (χ3n) is 2.82. The Kier molecular flexibility index (Phi) is 4.50. The van der Waals surface area contributed by atoms with Crippen molar-refractivity contribution in [1.82, 2.24) is 20.1 Å². The highest BCUT2D eigenvalue weighted by molar-refractivity contribution is 7.80. The van der Waals surface area contributed by atoms with Gasteiger partial charge in [-0.3, -0.25) is 0 Å². The fourth-order valence-corrected chi connectivity index (χ4v) is 2.78. The van der Waals surface area contributed by atoms with Crippen molar-refractivity contribution >= 4 is 25.3 Å². The molecule has 108 valence electrons. The maximum atomic E-state index is 9.31. The molecule has 0 fully saturated rings. The summed E-state index contributed by atoms with van der Waals surface area (Å²) in [4.78, 5) is 4.58. The molecule has 0 saturated heterocycles.